The SMILES string of the molecule is CCC/C(C)=C/[C@H](OC(N)=O)[C@@H]1C[C@H](C)CC[C@H]1C(C)C. The summed E-state index contributed by atoms with van der Waals surface area (Å²) in [6.07, 6.45) is 7.12. The standard InChI is InChI=1S/C18H33NO2/c1-6-7-13(4)11-17(21-18(19)20)16-10-14(5)8-9-15(16)12(2)3/h11-12,14-17H,6-10H2,1-5H3,(H2,19,20)/b13-11+/t14-,15+,16-,17+/m1/s1. The zero-order chi connectivity index (χ0) is 16.0. The zero-order valence-electron chi connectivity index (χ0n) is 14.4. The van der Waals surface area contributed by atoms with Gasteiger partial charge in [0.05, 0.1) is 0 Å². The van der Waals surface area contributed by atoms with Gasteiger partial charge in [-0.15, -0.1) is 0 Å². The van der Waals surface area contributed by atoms with Gasteiger partial charge in [0.15, 0.2) is 0 Å². The van der Waals surface area contributed by atoms with Crippen LogP contribution >= 0.6 is 0 Å². The lowest BCUT2D eigenvalue weighted by molar-refractivity contribution is 0.0278. The Morgan fingerprint density at radius 3 is 2.52 bits per heavy atom. The van der Waals surface area contributed by atoms with Crippen LogP contribution in [0.15, 0.2) is 11.6 Å². The van der Waals surface area contributed by atoms with E-state index in [1.54, 1.807) is 0 Å². The summed E-state index contributed by atoms with van der Waals surface area (Å²) in [6.45, 7) is 11.1. The monoisotopic (exact) mass is 295 g/mol. The van der Waals surface area contributed by atoms with Crippen LogP contribution in [0.4, 0.5) is 4.79 Å². The average molecular weight is 295 g/mol. The van der Waals surface area contributed by atoms with Gasteiger partial charge in [0.25, 0.3) is 0 Å². The van der Waals surface area contributed by atoms with Gasteiger partial charge in [-0.25, -0.2) is 4.79 Å². The van der Waals surface area contributed by atoms with Crippen LogP contribution in [-0.4, -0.2) is 12.2 Å². The highest BCUT2D eigenvalue weighted by Crippen LogP contribution is 2.41. The molecule has 1 amide bonds. The van der Waals surface area contributed by atoms with Crippen molar-refractivity contribution < 1.29 is 9.53 Å². The van der Waals surface area contributed by atoms with Crippen LogP contribution in [0.3, 0.4) is 0 Å². The topological polar surface area (TPSA) is 52.3 Å². The van der Waals surface area contributed by atoms with E-state index in [2.05, 4.69) is 40.7 Å². The Kier molecular flexibility index (Phi) is 7.27. The maximum Gasteiger partial charge on any atom is 0.405 e. The molecule has 0 aliphatic heterocycles. The molecule has 3 heteroatoms. The van der Waals surface area contributed by atoms with Crippen LogP contribution in [0.2, 0.25) is 0 Å². The predicted octanol–water partition coefficient (Wildman–Crippen LogP) is 4.91. The molecule has 0 aromatic heterocycles. The first-order valence-corrected chi connectivity index (χ1v) is 8.48. The summed E-state index contributed by atoms with van der Waals surface area (Å²) in [7, 11) is 0. The molecule has 4 atom stereocenters. The number of primary amides is 1. The first kappa shape index (κ1) is 18.1. The van der Waals surface area contributed by atoms with Gasteiger partial charge in [-0.05, 0) is 50.0 Å². The third kappa shape index (κ3) is 5.72. The number of nitrogens with two attached hydrogens (primary N) is 1. The van der Waals surface area contributed by atoms with E-state index >= 15 is 0 Å². The van der Waals surface area contributed by atoms with Crippen molar-refractivity contribution in [3.63, 3.8) is 0 Å². The van der Waals surface area contributed by atoms with Crippen molar-refractivity contribution in [1.82, 2.24) is 0 Å². The molecular weight excluding hydrogens is 262 g/mol. The molecule has 21 heavy (non-hydrogen) atoms. The summed E-state index contributed by atoms with van der Waals surface area (Å²) >= 11 is 0. The Labute approximate surface area is 130 Å². The summed E-state index contributed by atoms with van der Waals surface area (Å²) in [5, 5.41) is 0. The molecule has 0 saturated heterocycles. The number of carbonyl (C=O) groups is 1. The van der Waals surface area contributed by atoms with Crippen LogP contribution in [0.25, 0.3) is 0 Å². The summed E-state index contributed by atoms with van der Waals surface area (Å²) in [5.41, 5.74) is 6.61. The highest BCUT2D eigenvalue weighted by Gasteiger charge is 2.36. The van der Waals surface area contributed by atoms with Gasteiger partial charge in [0.1, 0.15) is 6.10 Å². The van der Waals surface area contributed by atoms with Crippen LogP contribution in [-0.2, 0) is 4.74 Å². The van der Waals surface area contributed by atoms with E-state index in [4.69, 9.17) is 10.5 Å². The van der Waals surface area contributed by atoms with Crippen LogP contribution in [0.1, 0.15) is 66.7 Å². The van der Waals surface area contributed by atoms with Crippen molar-refractivity contribution in [2.24, 2.45) is 29.4 Å². The lowest BCUT2D eigenvalue weighted by Gasteiger charge is -2.40. The number of allylic oxidation sites excluding steroid dienone is 1. The van der Waals surface area contributed by atoms with Crippen molar-refractivity contribution in [3.05, 3.63) is 11.6 Å². The van der Waals surface area contributed by atoms with Gasteiger partial charge >= 0.3 is 6.09 Å². The molecule has 1 rings (SSSR count). The largest absolute Gasteiger partial charge is 0.442 e. The van der Waals surface area contributed by atoms with Crippen molar-refractivity contribution in [2.45, 2.75) is 72.8 Å². The van der Waals surface area contributed by atoms with Crippen LogP contribution < -0.4 is 5.73 Å². The van der Waals surface area contributed by atoms with E-state index in [0.717, 1.165) is 19.3 Å². The molecular formula is C18H33NO2. The highest BCUT2D eigenvalue weighted by molar-refractivity contribution is 5.65. The van der Waals surface area contributed by atoms with Gasteiger partial charge in [-0.2, -0.15) is 0 Å². The highest BCUT2D eigenvalue weighted by atomic mass is 16.6. The maximum absolute atomic E-state index is 11.3. The van der Waals surface area contributed by atoms with Crippen LogP contribution in [0, 0.1) is 23.7 Å². The molecule has 0 aromatic rings. The molecule has 0 aromatic carbocycles. The summed E-state index contributed by atoms with van der Waals surface area (Å²) in [4.78, 5) is 11.3. The van der Waals surface area contributed by atoms with E-state index in [-0.39, 0.29) is 6.10 Å². The smallest absolute Gasteiger partial charge is 0.405 e. The number of rotatable bonds is 6. The fourth-order valence-electron chi connectivity index (χ4n) is 3.79. The number of ether oxygens (including phenoxy) is 1. The molecule has 0 unspecified atom stereocenters. The van der Waals surface area contributed by atoms with E-state index < -0.39 is 6.09 Å². The lowest BCUT2D eigenvalue weighted by atomic mass is 9.68. The molecule has 1 aliphatic carbocycles. The first-order valence-electron chi connectivity index (χ1n) is 8.48. The fourth-order valence-corrected chi connectivity index (χ4v) is 3.79. The number of hydrogen-bond donors (Lipinski definition) is 1. The second-order valence-corrected chi connectivity index (χ2v) is 7.15. The van der Waals surface area contributed by atoms with Gasteiger partial charge in [-0.1, -0.05) is 46.1 Å². The normalized spacial score (nSPS) is 28.5. The number of hydrogen-bond acceptors (Lipinski definition) is 2. The molecule has 3 nitrogen and oxygen atoms in total. The molecule has 1 aliphatic rings. The molecule has 1 fully saturated rings. The summed E-state index contributed by atoms with van der Waals surface area (Å²) in [6, 6.07) is 0. The number of amides is 1. The Hall–Kier alpha value is -0.990. The minimum Gasteiger partial charge on any atom is -0.442 e. The quantitative estimate of drug-likeness (QED) is 0.708. The van der Waals surface area contributed by atoms with Gasteiger partial charge in [0, 0.05) is 5.92 Å². The first-order chi connectivity index (χ1) is 9.85. The Morgan fingerprint density at radius 2 is 2.00 bits per heavy atom. The second-order valence-electron chi connectivity index (χ2n) is 7.15. The molecule has 122 valence electrons. The third-order valence-electron chi connectivity index (χ3n) is 4.84. The molecule has 0 heterocycles. The second kappa shape index (κ2) is 8.45. The Morgan fingerprint density at radius 1 is 1.33 bits per heavy atom. The van der Waals surface area contributed by atoms with Crippen molar-refractivity contribution >= 4 is 6.09 Å². The fraction of sp³-hybridized carbons (Fsp3) is 0.833. The van der Waals surface area contributed by atoms with E-state index in [1.807, 2.05) is 0 Å². The molecule has 2 N–H and O–H groups in total. The minimum atomic E-state index is -0.652. The summed E-state index contributed by atoms with van der Waals surface area (Å²) in [5.74, 6) is 2.31. The summed E-state index contributed by atoms with van der Waals surface area (Å²) < 4.78 is 5.50. The third-order valence-corrected chi connectivity index (χ3v) is 4.84. The predicted molar refractivity (Wildman–Crippen MR) is 88.0 cm³/mol. The molecule has 0 spiro atoms. The molecule has 0 bridgehead atoms. The average Bonchev–Trinajstić information content (AvgIpc) is 2.37. The molecule has 0 radical (unpaired) electrons. The van der Waals surface area contributed by atoms with Crippen molar-refractivity contribution in [2.75, 3.05) is 0 Å². The Bertz CT molecular complexity index is 362. The van der Waals surface area contributed by atoms with Crippen LogP contribution in [0.5, 0.6) is 0 Å². The van der Waals surface area contributed by atoms with Crippen molar-refractivity contribution in [1.29, 1.82) is 0 Å². The van der Waals surface area contributed by atoms with E-state index in [0.29, 0.717) is 23.7 Å². The maximum atomic E-state index is 11.3. The van der Waals surface area contributed by atoms with Gasteiger partial charge < -0.3 is 10.5 Å². The number of carbonyl (C=O) groups excluding carboxylic acids is 1. The van der Waals surface area contributed by atoms with Gasteiger partial charge in [-0.3, -0.25) is 0 Å². The lowest BCUT2D eigenvalue weighted by Crippen LogP contribution is -2.38. The van der Waals surface area contributed by atoms with E-state index in [1.165, 1.54) is 18.4 Å². The zero-order valence-corrected chi connectivity index (χ0v) is 14.4. The van der Waals surface area contributed by atoms with E-state index in [9.17, 15) is 4.79 Å². The van der Waals surface area contributed by atoms with Crippen molar-refractivity contribution in [3.8, 4) is 0 Å². The van der Waals surface area contributed by atoms with Gasteiger partial charge in [0.2, 0.25) is 0 Å². The minimum absolute atomic E-state index is 0.163. The Balaban J connectivity index is 2.96. The molecule has 1 saturated carbocycles.